The van der Waals surface area contributed by atoms with Crippen molar-refractivity contribution in [3.05, 3.63) is 40.3 Å². The predicted molar refractivity (Wildman–Crippen MR) is 94.1 cm³/mol. The summed E-state index contributed by atoms with van der Waals surface area (Å²) in [6.45, 7) is 4.28. The Morgan fingerprint density at radius 2 is 1.83 bits per heavy atom. The van der Waals surface area contributed by atoms with Gasteiger partial charge in [0.15, 0.2) is 5.69 Å². The summed E-state index contributed by atoms with van der Waals surface area (Å²) >= 11 is 0. The van der Waals surface area contributed by atoms with Crippen molar-refractivity contribution in [3.8, 4) is 0 Å². The molecule has 1 aliphatic rings. The highest BCUT2D eigenvalue weighted by Crippen LogP contribution is 2.25. The fourth-order valence-electron chi connectivity index (χ4n) is 3.37. The van der Waals surface area contributed by atoms with Gasteiger partial charge in [0.2, 0.25) is 0 Å². The van der Waals surface area contributed by atoms with Gasteiger partial charge < -0.3 is 0 Å². The molecule has 0 bridgehead atoms. The SMILES string of the molecule is C[C@H]1CCC[C@H](C)C1=NNC(=O)c1nn(C)c(=O)c2ccccc12. The lowest BCUT2D eigenvalue weighted by atomic mass is 9.81. The van der Waals surface area contributed by atoms with E-state index in [2.05, 4.69) is 29.5 Å². The number of aromatic nitrogens is 2. The van der Waals surface area contributed by atoms with Gasteiger partial charge in [0.1, 0.15) is 0 Å². The highest BCUT2D eigenvalue weighted by Gasteiger charge is 2.23. The molecule has 6 nitrogen and oxygen atoms in total. The summed E-state index contributed by atoms with van der Waals surface area (Å²) < 4.78 is 1.19. The molecule has 1 saturated carbocycles. The Hall–Kier alpha value is -2.50. The number of hydrogen-bond acceptors (Lipinski definition) is 4. The lowest BCUT2D eigenvalue weighted by molar-refractivity contribution is 0.0949. The van der Waals surface area contributed by atoms with Gasteiger partial charge in [-0.25, -0.2) is 10.1 Å². The minimum atomic E-state index is -0.390. The second kappa shape index (κ2) is 6.55. The van der Waals surface area contributed by atoms with Crippen LogP contribution in [0.25, 0.3) is 10.8 Å². The van der Waals surface area contributed by atoms with Crippen molar-refractivity contribution in [1.29, 1.82) is 0 Å². The van der Waals surface area contributed by atoms with Crippen molar-refractivity contribution < 1.29 is 4.79 Å². The maximum absolute atomic E-state index is 12.6. The minimum Gasteiger partial charge on any atom is -0.267 e. The fraction of sp³-hybridized carbons (Fsp3) is 0.444. The summed E-state index contributed by atoms with van der Waals surface area (Å²) in [5.41, 5.74) is 3.67. The molecule has 2 aromatic rings. The van der Waals surface area contributed by atoms with E-state index in [-0.39, 0.29) is 17.2 Å². The Morgan fingerprint density at radius 1 is 1.21 bits per heavy atom. The zero-order chi connectivity index (χ0) is 17.3. The molecule has 1 aromatic carbocycles. The monoisotopic (exact) mass is 326 g/mol. The average Bonchev–Trinajstić information content (AvgIpc) is 2.57. The van der Waals surface area contributed by atoms with Crippen LogP contribution in [0.4, 0.5) is 0 Å². The van der Waals surface area contributed by atoms with Crippen LogP contribution in [0.3, 0.4) is 0 Å². The zero-order valence-electron chi connectivity index (χ0n) is 14.2. The predicted octanol–water partition coefficient (Wildman–Crippen LogP) is 2.48. The molecule has 2 atom stereocenters. The summed E-state index contributed by atoms with van der Waals surface area (Å²) in [5, 5.41) is 9.52. The number of aryl methyl sites for hydroxylation is 1. The van der Waals surface area contributed by atoms with Crippen LogP contribution in [-0.4, -0.2) is 21.4 Å². The van der Waals surface area contributed by atoms with Gasteiger partial charge in [-0.15, -0.1) is 0 Å². The molecular formula is C18H22N4O2. The van der Waals surface area contributed by atoms with Crippen molar-refractivity contribution in [2.24, 2.45) is 24.0 Å². The highest BCUT2D eigenvalue weighted by atomic mass is 16.2. The average molecular weight is 326 g/mol. The third kappa shape index (κ3) is 2.96. The number of amides is 1. The first-order valence-corrected chi connectivity index (χ1v) is 8.33. The van der Waals surface area contributed by atoms with Gasteiger partial charge in [0.25, 0.3) is 11.5 Å². The molecule has 24 heavy (non-hydrogen) atoms. The third-order valence-electron chi connectivity index (χ3n) is 4.74. The van der Waals surface area contributed by atoms with Crippen LogP contribution in [0.5, 0.6) is 0 Å². The summed E-state index contributed by atoms with van der Waals surface area (Å²) in [6.07, 6.45) is 3.39. The van der Waals surface area contributed by atoms with Gasteiger partial charge in [0, 0.05) is 18.1 Å². The van der Waals surface area contributed by atoms with Gasteiger partial charge in [-0.1, -0.05) is 38.5 Å². The van der Waals surface area contributed by atoms with E-state index < -0.39 is 0 Å². The van der Waals surface area contributed by atoms with Gasteiger partial charge in [-0.05, 0) is 30.7 Å². The molecule has 1 amide bonds. The van der Waals surface area contributed by atoms with Crippen molar-refractivity contribution in [2.75, 3.05) is 0 Å². The molecule has 1 fully saturated rings. The summed E-state index contributed by atoms with van der Waals surface area (Å²) in [7, 11) is 1.54. The van der Waals surface area contributed by atoms with Gasteiger partial charge >= 0.3 is 0 Å². The maximum atomic E-state index is 12.6. The van der Waals surface area contributed by atoms with Gasteiger partial charge in [-0.2, -0.15) is 10.2 Å². The van der Waals surface area contributed by atoms with E-state index in [9.17, 15) is 9.59 Å². The molecule has 0 unspecified atom stereocenters. The molecule has 0 saturated heterocycles. The molecule has 3 rings (SSSR count). The molecule has 0 spiro atoms. The van der Waals surface area contributed by atoms with E-state index in [1.165, 1.54) is 11.1 Å². The quantitative estimate of drug-likeness (QED) is 0.861. The van der Waals surface area contributed by atoms with E-state index in [1.807, 2.05) is 0 Å². The fourth-order valence-corrected chi connectivity index (χ4v) is 3.37. The highest BCUT2D eigenvalue weighted by molar-refractivity contribution is 6.05. The van der Waals surface area contributed by atoms with E-state index in [4.69, 9.17) is 0 Å². The van der Waals surface area contributed by atoms with Crippen molar-refractivity contribution >= 4 is 22.4 Å². The lowest BCUT2D eigenvalue weighted by Gasteiger charge is -2.26. The Labute approximate surface area is 140 Å². The largest absolute Gasteiger partial charge is 0.292 e. The number of nitrogens with one attached hydrogen (secondary N) is 1. The molecule has 1 N–H and O–H groups in total. The number of hydrazone groups is 1. The van der Waals surface area contributed by atoms with E-state index in [0.29, 0.717) is 22.6 Å². The second-order valence-electron chi connectivity index (χ2n) is 6.53. The number of rotatable bonds is 2. The molecule has 126 valence electrons. The van der Waals surface area contributed by atoms with Crippen LogP contribution in [-0.2, 0) is 7.05 Å². The minimum absolute atomic E-state index is 0.216. The molecule has 1 heterocycles. The topological polar surface area (TPSA) is 76.3 Å². The molecule has 0 aliphatic heterocycles. The molecule has 0 radical (unpaired) electrons. The summed E-state index contributed by atoms with van der Waals surface area (Å²) in [6, 6.07) is 7.00. The van der Waals surface area contributed by atoms with Gasteiger partial charge in [0.05, 0.1) is 5.39 Å². The first-order chi connectivity index (χ1) is 11.5. The maximum Gasteiger partial charge on any atom is 0.292 e. The second-order valence-corrected chi connectivity index (χ2v) is 6.53. The lowest BCUT2D eigenvalue weighted by Crippen LogP contribution is -2.31. The molecular weight excluding hydrogens is 304 g/mol. The smallest absolute Gasteiger partial charge is 0.267 e. The van der Waals surface area contributed by atoms with Crippen LogP contribution >= 0.6 is 0 Å². The zero-order valence-corrected chi connectivity index (χ0v) is 14.2. The molecule has 1 aromatic heterocycles. The molecule has 6 heteroatoms. The Kier molecular flexibility index (Phi) is 4.46. The van der Waals surface area contributed by atoms with Crippen LogP contribution in [0.2, 0.25) is 0 Å². The van der Waals surface area contributed by atoms with Gasteiger partial charge in [-0.3, -0.25) is 9.59 Å². The number of carbonyl (C=O) groups is 1. The summed E-state index contributed by atoms with van der Waals surface area (Å²) in [4.78, 5) is 24.7. The van der Waals surface area contributed by atoms with Crippen LogP contribution < -0.4 is 11.0 Å². The third-order valence-corrected chi connectivity index (χ3v) is 4.74. The normalized spacial score (nSPS) is 20.9. The van der Waals surface area contributed by atoms with Crippen LogP contribution in [0, 0.1) is 11.8 Å². The summed E-state index contributed by atoms with van der Waals surface area (Å²) in [5.74, 6) is 0.358. The Morgan fingerprint density at radius 3 is 2.50 bits per heavy atom. The van der Waals surface area contributed by atoms with Crippen molar-refractivity contribution in [2.45, 2.75) is 33.1 Å². The van der Waals surface area contributed by atoms with Crippen LogP contribution in [0.15, 0.2) is 34.2 Å². The number of carbonyl (C=O) groups excluding carboxylic acids is 1. The first-order valence-electron chi connectivity index (χ1n) is 8.33. The standard InChI is InChI=1S/C18H22N4O2/c1-11-7-6-8-12(2)15(11)19-20-17(23)16-13-9-4-5-10-14(13)18(24)22(3)21-16/h4-5,9-12H,6-8H2,1-3H3,(H,20,23)/t11-,12-/m0/s1. The van der Waals surface area contributed by atoms with E-state index in [1.54, 1.807) is 31.3 Å². The Balaban J connectivity index is 1.95. The number of fused-ring (bicyclic) bond motifs is 1. The van der Waals surface area contributed by atoms with Crippen molar-refractivity contribution in [1.82, 2.24) is 15.2 Å². The van der Waals surface area contributed by atoms with E-state index >= 15 is 0 Å². The Bertz CT molecular complexity index is 857. The number of hydrogen-bond donors (Lipinski definition) is 1. The molecule has 1 aliphatic carbocycles. The number of nitrogens with zero attached hydrogens (tertiary/aromatic N) is 3. The van der Waals surface area contributed by atoms with E-state index in [0.717, 1.165) is 18.6 Å². The van der Waals surface area contributed by atoms with Crippen LogP contribution in [0.1, 0.15) is 43.6 Å². The number of benzene rings is 1. The van der Waals surface area contributed by atoms with Crippen molar-refractivity contribution in [3.63, 3.8) is 0 Å². The first kappa shape index (κ1) is 16.4.